The molecule has 7 unspecified atom stereocenters. The predicted molar refractivity (Wildman–Crippen MR) is 566 cm³/mol. The summed E-state index contributed by atoms with van der Waals surface area (Å²) in [5.74, 6) is 12.4. The van der Waals surface area contributed by atoms with Crippen molar-refractivity contribution in [2.45, 2.75) is 67.4 Å². The molecule has 7 fully saturated rings. The fourth-order valence-electron chi connectivity index (χ4n) is 13.8. The van der Waals surface area contributed by atoms with E-state index >= 15 is 0 Å². The fraction of sp³-hybridized carbons (Fsp3) is 0.351. The van der Waals surface area contributed by atoms with Gasteiger partial charge in [0.1, 0.15) is 169 Å². The Bertz CT molecular complexity index is 4980. The fourth-order valence-corrected chi connectivity index (χ4v) is 15.0. The lowest BCUT2D eigenvalue weighted by molar-refractivity contribution is 0.252. The molecule has 0 saturated carbocycles. The molecule has 0 radical (unpaired) electrons. The normalized spacial score (nSPS) is 17.3. The maximum atomic E-state index is 5.83. The van der Waals surface area contributed by atoms with Crippen molar-refractivity contribution in [3.63, 3.8) is 0 Å². The van der Waals surface area contributed by atoms with Gasteiger partial charge in [0.2, 0.25) is 0 Å². The first-order valence-corrected chi connectivity index (χ1v) is 54.5. The molecule has 0 aliphatic carbocycles. The Kier molecular flexibility index (Phi) is 45.0. The van der Waals surface area contributed by atoms with Crippen molar-refractivity contribution in [3.05, 3.63) is 347 Å². The highest BCUT2D eigenvalue weighted by atomic mass is 79.9. The highest BCUT2D eigenvalue weighted by molar-refractivity contribution is 9.10. The third-order valence-electron chi connectivity index (χ3n) is 21.7. The Labute approximate surface area is 874 Å². The van der Waals surface area contributed by atoms with E-state index in [2.05, 4.69) is 233 Å². The molecule has 0 bridgehead atoms. The van der Waals surface area contributed by atoms with E-state index in [9.17, 15) is 0 Å². The van der Waals surface area contributed by atoms with Crippen LogP contribution in [-0.2, 0) is 46.0 Å². The second-order valence-electron chi connectivity index (χ2n) is 32.8. The van der Waals surface area contributed by atoms with E-state index in [-0.39, 0.29) is 42.4 Å². The molecule has 0 N–H and O–H groups in total. The van der Waals surface area contributed by atoms with E-state index in [1.807, 2.05) is 170 Å². The van der Waals surface area contributed by atoms with E-state index in [4.69, 9.17) is 99.5 Å². The maximum Gasteiger partial charge on any atom is 0.123 e. The topological polar surface area (TPSA) is 217 Å². The second-order valence-corrected chi connectivity index (χ2v) is 38.3. The summed E-state index contributed by atoms with van der Waals surface area (Å²) in [7, 11) is 0. The standard InChI is InChI=1S/C28H28O6.C25H25Br3O3.C19H20O4.C17H18Br2O2.C12H14O4.C10H12Br2O2/c1-7-22(29-13-25-16-32-25)8-2-19(1)28(20-3-9-23(10-4-20)30-14-26-17-33-26)21-5-11-24(12-6-21)31-15-27-18-34-27;26-13-16-29-22-7-1-19(2-8-22)25(20-3-9-23(10-4-20)30-17-14-27)21-5-11-24(12-6-21)31-18-15-28;1-5-16(20-10-18-12-22-18)6-2-14(1)9-15-3-7-17(8-4-15)21-11-19-13-23-19;18-9-11-20-16-5-1-14(2-6-16)13-15-3-7-17(8-4-15)21-12-10-19;1-2-9(13-5-11-7-15-11)4-10(3-1)14-6-12-8-16-12;11-5-7-13-9-1-2-10(4-3-9)14-8-6-12/h1-12,25-28H,13-18H2;1-12,25H,13-18H2;1-8,18-19H,9-13H2;1-8H,9-13H2;1-4,11-12H,5-8H2;1-4H,5-8H2. The molecule has 19 rings (SSSR count). The molecule has 139 heavy (non-hydrogen) atoms. The maximum absolute atomic E-state index is 5.83. The lowest BCUT2D eigenvalue weighted by Gasteiger charge is -2.20. The zero-order chi connectivity index (χ0) is 96.1. The molecule has 7 saturated heterocycles. The summed E-state index contributed by atoms with van der Waals surface area (Å²) in [4.78, 5) is 0. The quantitative estimate of drug-likeness (QED) is 0.0197. The van der Waals surface area contributed by atoms with Crippen LogP contribution in [0.5, 0.6) is 80.5 Å². The van der Waals surface area contributed by atoms with Crippen LogP contribution < -0.4 is 66.3 Å². The Morgan fingerprint density at radius 1 is 0.180 bits per heavy atom. The highest BCUT2D eigenvalue weighted by Gasteiger charge is 2.29. The zero-order valence-corrected chi connectivity index (χ0v) is 88.4. The summed E-state index contributed by atoms with van der Waals surface area (Å²) < 4.78 is 115. The molecule has 21 nitrogen and oxygen atoms in total. The van der Waals surface area contributed by atoms with Crippen molar-refractivity contribution in [1.29, 1.82) is 0 Å². The minimum absolute atomic E-state index is 0.0717. The van der Waals surface area contributed by atoms with Gasteiger partial charge in [-0.2, -0.15) is 0 Å². The van der Waals surface area contributed by atoms with Crippen LogP contribution in [0.4, 0.5) is 0 Å². The molecule has 736 valence electrons. The molecule has 0 spiro atoms. The van der Waals surface area contributed by atoms with Gasteiger partial charge < -0.3 is 99.5 Å². The van der Waals surface area contributed by atoms with Crippen LogP contribution in [0.15, 0.2) is 291 Å². The van der Waals surface area contributed by atoms with Crippen molar-refractivity contribution in [3.8, 4) is 80.5 Å². The average Bonchev–Trinajstić information content (AvgIpc) is 1.80. The van der Waals surface area contributed by atoms with Gasteiger partial charge in [0.15, 0.2) is 0 Å². The summed E-state index contributed by atoms with van der Waals surface area (Å²) in [6.45, 7) is 14.7. The third-order valence-corrected chi connectivity index (χ3v) is 24.0. The first-order chi connectivity index (χ1) is 68.5. The first-order valence-electron chi connectivity index (χ1n) is 46.7. The molecule has 0 aromatic heterocycles. The smallest absolute Gasteiger partial charge is 0.123 e. The van der Waals surface area contributed by atoms with Crippen molar-refractivity contribution < 1.29 is 99.5 Å². The molecular weight excluding hydrogens is 2230 g/mol. The third kappa shape index (κ3) is 40.3. The van der Waals surface area contributed by atoms with Crippen LogP contribution >= 0.6 is 112 Å². The Balaban J connectivity index is 0.000000136. The predicted octanol–water partition coefficient (Wildman–Crippen LogP) is 23.5. The van der Waals surface area contributed by atoms with Crippen molar-refractivity contribution in [2.75, 3.05) is 176 Å². The van der Waals surface area contributed by atoms with Gasteiger partial charge in [0.25, 0.3) is 0 Å². The number of ether oxygens (including phenoxy) is 21. The number of alkyl halides is 7. The lowest BCUT2D eigenvalue weighted by atomic mass is 9.85. The number of benzene rings is 12. The van der Waals surface area contributed by atoms with Crippen LogP contribution in [0.3, 0.4) is 0 Å². The Hall–Kier alpha value is -9.08. The van der Waals surface area contributed by atoms with Gasteiger partial charge in [-0.05, 0) is 226 Å². The molecule has 28 heteroatoms. The number of rotatable bonds is 52. The SMILES string of the molecule is BrCCOc1ccc(C(c2ccc(OCCBr)cc2)c2ccc(OCCBr)cc2)cc1.BrCCOc1ccc(Cc2ccc(OCCBr)cc2)cc1.BrCCOc1ccc(OCCBr)cc1.c1cc(C(c2ccc(OCC3CO3)cc2)c2ccc(OCC3CO3)cc2)ccc1OCC1CO1.c1cc(OCC2CO2)cc(OCC2CO2)c1.c1cc(OCC2CO2)ccc1Cc1ccc(OCC2CO2)cc1. The van der Waals surface area contributed by atoms with Crippen molar-refractivity contribution in [1.82, 2.24) is 0 Å². The zero-order valence-electron chi connectivity index (χ0n) is 77.3. The molecule has 12 aromatic carbocycles. The number of epoxide rings is 7. The lowest BCUT2D eigenvalue weighted by Crippen LogP contribution is -2.07. The highest BCUT2D eigenvalue weighted by Crippen LogP contribution is 2.39. The first kappa shape index (κ1) is 106. The van der Waals surface area contributed by atoms with E-state index in [1.165, 1.54) is 55.6 Å². The summed E-state index contributed by atoms with van der Waals surface area (Å²) in [6, 6.07) is 98.4. The van der Waals surface area contributed by atoms with Crippen molar-refractivity contribution in [2.24, 2.45) is 0 Å². The van der Waals surface area contributed by atoms with Gasteiger partial charge in [-0.15, -0.1) is 0 Å². The monoisotopic (exact) mass is 2340 g/mol. The van der Waals surface area contributed by atoms with Gasteiger partial charge in [0, 0.05) is 55.2 Å². The molecule has 7 aliphatic heterocycles. The minimum atomic E-state index is 0.0717. The largest absolute Gasteiger partial charge is 0.493 e. The molecule has 7 atom stereocenters. The summed E-state index contributed by atoms with van der Waals surface area (Å²) in [5.41, 5.74) is 12.3. The van der Waals surface area contributed by atoms with E-state index in [0.717, 1.165) is 177 Å². The van der Waals surface area contributed by atoms with Gasteiger partial charge in [-0.3, -0.25) is 0 Å². The summed E-state index contributed by atoms with van der Waals surface area (Å²) in [6.07, 6.45) is 3.69. The van der Waals surface area contributed by atoms with Gasteiger partial charge in [-0.1, -0.05) is 239 Å². The number of hydrogen-bond acceptors (Lipinski definition) is 21. The molecular formula is C111H117Br7O21. The van der Waals surface area contributed by atoms with Crippen LogP contribution in [0, 0.1) is 0 Å². The van der Waals surface area contributed by atoms with Crippen LogP contribution in [-0.4, -0.2) is 219 Å². The minimum Gasteiger partial charge on any atom is -0.493 e. The average molecular weight is 2350 g/mol. The van der Waals surface area contributed by atoms with Crippen LogP contribution in [0.2, 0.25) is 0 Å². The van der Waals surface area contributed by atoms with E-state index < -0.39 is 0 Å². The Morgan fingerprint density at radius 3 is 0.468 bits per heavy atom. The van der Waals surface area contributed by atoms with E-state index in [0.29, 0.717) is 105 Å². The van der Waals surface area contributed by atoms with Crippen LogP contribution in [0.25, 0.3) is 0 Å². The summed E-state index contributed by atoms with van der Waals surface area (Å²) >= 11 is 23.5. The second kappa shape index (κ2) is 59.1. The number of hydrogen-bond donors (Lipinski definition) is 0. The van der Waals surface area contributed by atoms with Gasteiger partial charge in [0.05, 0.1) is 92.5 Å². The van der Waals surface area contributed by atoms with Gasteiger partial charge in [-0.25, -0.2) is 0 Å². The van der Waals surface area contributed by atoms with Crippen LogP contribution in [0.1, 0.15) is 67.5 Å². The molecule has 0 amide bonds. The summed E-state index contributed by atoms with van der Waals surface area (Å²) in [5, 5.41) is 5.80. The van der Waals surface area contributed by atoms with Crippen molar-refractivity contribution >= 4 is 112 Å². The molecule has 12 aromatic rings. The van der Waals surface area contributed by atoms with Gasteiger partial charge >= 0.3 is 0 Å². The Morgan fingerprint density at radius 2 is 0.317 bits per heavy atom. The molecule has 7 aliphatic rings. The molecule has 7 heterocycles. The number of halogens is 7. The van der Waals surface area contributed by atoms with E-state index in [1.54, 1.807) is 0 Å².